The first-order valence-electron chi connectivity index (χ1n) is 9.95. The molecule has 8 nitrogen and oxygen atoms in total. The van der Waals surface area contributed by atoms with Gasteiger partial charge < -0.3 is 29.7 Å². The summed E-state index contributed by atoms with van der Waals surface area (Å²) in [7, 11) is 4.46. The summed E-state index contributed by atoms with van der Waals surface area (Å²) >= 11 is 0. The van der Waals surface area contributed by atoms with Crippen molar-refractivity contribution in [3.8, 4) is 17.2 Å². The van der Waals surface area contributed by atoms with Gasteiger partial charge in [0.15, 0.2) is 11.5 Å². The number of piperidine rings is 1. The number of hydrogen-bond donors (Lipinski definition) is 2. The summed E-state index contributed by atoms with van der Waals surface area (Å²) in [6, 6.07) is 3.10. The number of likely N-dealkylation sites (tertiary alicyclic amines) is 1. The summed E-state index contributed by atoms with van der Waals surface area (Å²) in [4.78, 5) is 26.9. The molecule has 162 valence electrons. The summed E-state index contributed by atoms with van der Waals surface area (Å²) in [6.45, 7) is 7.96. The topological polar surface area (TPSA) is 89.1 Å². The third-order valence-electron chi connectivity index (χ3n) is 5.03. The molecule has 2 amide bonds. The molecule has 2 rings (SSSR count). The number of carbonyl (C=O) groups is 2. The number of ether oxygens (including phenoxy) is 3. The molecule has 1 aliphatic heterocycles. The molecular weight excluding hydrogens is 374 g/mol. The fourth-order valence-corrected chi connectivity index (χ4v) is 3.87. The van der Waals surface area contributed by atoms with Crippen LogP contribution in [0.3, 0.4) is 0 Å². The first kappa shape index (κ1) is 22.8. The smallest absolute Gasteiger partial charge is 0.251 e. The van der Waals surface area contributed by atoms with Crippen molar-refractivity contribution >= 4 is 11.8 Å². The number of nitrogens with zero attached hydrogens (tertiary/aromatic N) is 1. The average molecular weight is 408 g/mol. The molecular formula is C21H33N3O5. The van der Waals surface area contributed by atoms with Crippen LogP contribution in [0.2, 0.25) is 0 Å². The molecule has 1 saturated heterocycles. The molecule has 1 aromatic rings. The van der Waals surface area contributed by atoms with E-state index in [9.17, 15) is 9.59 Å². The maximum Gasteiger partial charge on any atom is 0.251 e. The number of hydrogen-bond acceptors (Lipinski definition) is 6. The molecule has 2 N–H and O–H groups in total. The lowest BCUT2D eigenvalue weighted by Crippen LogP contribution is -2.44. The number of amides is 2. The van der Waals surface area contributed by atoms with Gasteiger partial charge in [-0.15, -0.1) is 0 Å². The highest BCUT2D eigenvalue weighted by molar-refractivity contribution is 5.97. The lowest BCUT2D eigenvalue weighted by Gasteiger charge is -2.34. The maximum absolute atomic E-state index is 12.4. The fraction of sp³-hybridized carbons (Fsp3) is 0.619. The lowest BCUT2D eigenvalue weighted by molar-refractivity contribution is -0.120. The maximum atomic E-state index is 12.4. The molecule has 2 unspecified atom stereocenters. The molecule has 1 aliphatic rings. The summed E-state index contributed by atoms with van der Waals surface area (Å²) in [5.74, 6) is 1.94. The third-order valence-corrected chi connectivity index (χ3v) is 5.03. The Hall–Kier alpha value is -2.48. The summed E-state index contributed by atoms with van der Waals surface area (Å²) in [5, 5.41) is 5.49. The van der Waals surface area contributed by atoms with Gasteiger partial charge in [-0.3, -0.25) is 9.59 Å². The van der Waals surface area contributed by atoms with Gasteiger partial charge in [-0.05, 0) is 30.4 Å². The van der Waals surface area contributed by atoms with E-state index >= 15 is 0 Å². The Morgan fingerprint density at radius 3 is 2.10 bits per heavy atom. The minimum atomic E-state index is -0.391. The first-order valence-corrected chi connectivity index (χ1v) is 9.95. The second-order valence-corrected chi connectivity index (χ2v) is 7.65. The van der Waals surface area contributed by atoms with Crippen LogP contribution in [0.4, 0.5) is 0 Å². The Bertz CT molecular complexity index is 675. The standard InChI is InChI=1S/C21H33N3O5/c1-14-8-15(2)13-24(12-14)7-6-22-19(25)11-23-21(26)16-9-17(27-3)20(29-5)18(10-16)28-4/h9-10,14-15H,6-8,11-13H2,1-5H3,(H,22,25)(H,23,26). The predicted octanol–water partition coefficient (Wildman–Crippen LogP) is 1.54. The van der Waals surface area contributed by atoms with Crippen LogP contribution in [0.5, 0.6) is 17.2 Å². The van der Waals surface area contributed by atoms with E-state index in [1.807, 2.05) is 0 Å². The van der Waals surface area contributed by atoms with Crippen LogP contribution >= 0.6 is 0 Å². The van der Waals surface area contributed by atoms with Crippen LogP contribution in [-0.2, 0) is 4.79 Å². The largest absolute Gasteiger partial charge is 0.493 e. The van der Waals surface area contributed by atoms with Gasteiger partial charge in [0.05, 0.1) is 27.9 Å². The molecule has 0 aliphatic carbocycles. The predicted molar refractivity (Wildman–Crippen MR) is 111 cm³/mol. The highest BCUT2D eigenvalue weighted by Gasteiger charge is 2.21. The Balaban J connectivity index is 1.82. The van der Waals surface area contributed by atoms with Crippen molar-refractivity contribution in [3.05, 3.63) is 17.7 Å². The van der Waals surface area contributed by atoms with Crippen LogP contribution in [0.1, 0.15) is 30.6 Å². The van der Waals surface area contributed by atoms with Crippen molar-refractivity contribution in [2.24, 2.45) is 11.8 Å². The number of benzene rings is 1. The molecule has 1 heterocycles. The van der Waals surface area contributed by atoms with Gasteiger partial charge in [0, 0.05) is 31.7 Å². The minimum absolute atomic E-state index is 0.0949. The number of nitrogens with one attached hydrogen (secondary N) is 2. The Morgan fingerprint density at radius 1 is 1.00 bits per heavy atom. The fourth-order valence-electron chi connectivity index (χ4n) is 3.87. The Labute approximate surface area is 172 Å². The zero-order valence-corrected chi connectivity index (χ0v) is 18.0. The van der Waals surface area contributed by atoms with Crippen molar-refractivity contribution in [1.82, 2.24) is 15.5 Å². The van der Waals surface area contributed by atoms with Gasteiger partial charge in [0.2, 0.25) is 11.7 Å². The monoisotopic (exact) mass is 407 g/mol. The third kappa shape index (κ3) is 6.52. The molecule has 0 bridgehead atoms. The van der Waals surface area contributed by atoms with E-state index in [1.165, 1.54) is 27.8 Å². The quantitative estimate of drug-likeness (QED) is 0.646. The van der Waals surface area contributed by atoms with E-state index < -0.39 is 5.91 Å². The van der Waals surface area contributed by atoms with Crippen molar-refractivity contribution in [2.45, 2.75) is 20.3 Å². The van der Waals surface area contributed by atoms with E-state index in [-0.39, 0.29) is 12.5 Å². The van der Waals surface area contributed by atoms with E-state index in [4.69, 9.17) is 14.2 Å². The first-order chi connectivity index (χ1) is 13.9. The highest BCUT2D eigenvalue weighted by atomic mass is 16.5. The summed E-state index contributed by atoms with van der Waals surface area (Å²) in [5.41, 5.74) is 0.323. The average Bonchev–Trinajstić information content (AvgIpc) is 2.70. The molecule has 0 spiro atoms. The van der Waals surface area contributed by atoms with Gasteiger partial charge in [-0.25, -0.2) is 0 Å². The van der Waals surface area contributed by atoms with E-state index in [0.717, 1.165) is 19.6 Å². The second kappa shape index (κ2) is 10.9. The zero-order chi connectivity index (χ0) is 21.4. The van der Waals surface area contributed by atoms with Crippen LogP contribution in [0.25, 0.3) is 0 Å². The zero-order valence-electron chi connectivity index (χ0n) is 18.0. The van der Waals surface area contributed by atoms with Crippen LogP contribution in [0.15, 0.2) is 12.1 Å². The number of methoxy groups -OCH3 is 3. The SMILES string of the molecule is COc1cc(C(=O)NCC(=O)NCCN2CC(C)CC(C)C2)cc(OC)c1OC. The van der Waals surface area contributed by atoms with Crippen molar-refractivity contribution in [3.63, 3.8) is 0 Å². The Kier molecular flexibility index (Phi) is 8.57. The van der Waals surface area contributed by atoms with Gasteiger partial charge in [0.25, 0.3) is 5.91 Å². The normalized spacial score (nSPS) is 19.3. The van der Waals surface area contributed by atoms with Crippen LogP contribution < -0.4 is 24.8 Å². The van der Waals surface area contributed by atoms with E-state index in [0.29, 0.717) is 41.2 Å². The molecule has 0 radical (unpaired) electrons. The molecule has 29 heavy (non-hydrogen) atoms. The Morgan fingerprint density at radius 2 is 1.59 bits per heavy atom. The molecule has 0 aromatic heterocycles. The van der Waals surface area contributed by atoms with Gasteiger partial charge in [-0.1, -0.05) is 13.8 Å². The molecule has 1 aromatic carbocycles. The van der Waals surface area contributed by atoms with Gasteiger partial charge >= 0.3 is 0 Å². The molecule has 2 atom stereocenters. The van der Waals surface area contributed by atoms with E-state index in [1.54, 1.807) is 12.1 Å². The minimum Gasteiger partial charge on any atom is -0.493 e. The molecule has 1 fully saturated rings. The van der Waals surface area contributed by atoms with Crippen molar-refractivity contribution in [1.29, 1.82) is 0 Å². The van der Waals surface area contributed by atoms with Crippen molar-refractivity contribution < 1.29 is 23.8 Å². The number of rotatable bonds is 9. The van der Waals surface area contributed by atoms with E-state index in [2.05, 4.69) is 29.4 Å². The highest BCUT2D eigenvalue weighted by Crippen LogP contribution is 2.38. The van der Waals surface area contributed by atoms with Crippen LogP contribution in [0, 0.1) is 11.8 Å². The molecule has 0 saturated carbocycles. The summed E-state index contributed by atoms with van der Waals surface area (Å²) < 4.78 is 15.8. The van der Waals surface area contributed by atoms with Gasteiger partial charge in [-0.2, -0.15) is 0 Å². The lowest BCUT2D eigenvalue weighted by atomic mass is 9.92. The molecule has 8 heteroatoms. The van der Waals surface area contributed by atoms with Crippen molar-refractivity contribution in [2.75, 3.05) is 54.1 Å². The second-order valence-electron chi connectivity index (χ2n) is 7.65. The van der Waals surface area contributed by atoms with Gasteiger partial charge in [0.1, 0.15) is 0 Å². The van der Waals surface area contributed by atoms with Crippen LogP contribution in [-0.4, -0.2) is 70.8 Å². The number of carbonyl (C=O) groups excluding carboxylic acids is 2. The summed E-state index contributed by atoms with van der Waals surface area (Å²) in [6.07, 6.45) is 1.26.